The second kappa shape index (κ2) is 19.8. The molecule has 4 nitrogen and oxygen atoms in total. The first-order valence-electron chi connectivity index (χ1n) is 19.6. The fourth-order valence-electron chi connectivity index (χ4n) is 8.10. The quantitative estimate of drug-likeness (QED) is 0.145. The van der Waals surface area contributed by atoms with Crippen LogP contribution in [0.15, 0.2) is 73.8 Å². The van der Waals surface area contributed by atoms with Crippen molar-refractivity contribution in [2.45, 2.75) is 116 Å². The van der Waals surface area contributed by atoms with Crippen molar-refractivity contribution in [3.05, 3.63) is 118 Å². The van der Waals surface area contributed by atoms with Crippen LogP contribution in [-0.2, 0) is 0 Å². The van der Waals surface area contributed by atoms with Crippen LogP contribution in [0.2, 0.25) is 33.2 Å². The lowest BCUT2D eigenvalue weighted by atomic mass is 10.1. The van der Waals surface area contributed by atoms with Gasteiger partial charge in [-0.2, -0.15) is 0 Å². The van der Waals surface area contributed by atoms with Gasteiger partial charge in [0.05, 0.1) is 22.3 Å². The Bertz CT molecular complexity index is 2190. The zero-order valence-corrected chi connectivity index (χ0v) is 37.2. The number of hydrogen-bond donors (Lipinski definition) is 0. The molecule has 0 atom stereocenters. The van der Waals surface area contributed by atoms with Crippen molar-refractivity contribution in [3.63, 3.8) is 0 Å². The SMILES string of the molecule is CC(C)[Si](C#Cc1ccncc1C#Cc1cnccc1C#CC#Cc1ccncc1C#Cc1cnccc1C#C[Si](C(C)C)(C(C)C)C(C)C)(C(C)C)C(C)C. The van der Waals surface area contributed by atoms with Crippen LogP contribution in [0.1, 0.15) is 128 Å². The Kier molecular flexibility index (Phi) is 15.3. The molecule has 4 aromatic heterocycles. The highest BCUT2D eigenvalue weighted by Crippen LogP contribution is 2.42. The van der Waals surface area contributed by atoms with E-state index in [4.69, 9.17) is 0 Å². The molecule has 4 aromatic rings. The third kappa shape index (κ3) is 10.2. The van der Waals surface area contributed by atoms with Gasteiger partial charge >= 0.3 is 0 Å². The molecule has 0 aromatic carbocycles. The third-order valence-electron chi connectivity index (χ3n) is 11.0. The van der Waals surface area contributed by atoms with Crippen LogP contribution in [0.3, 0.4) is 0 Å². The molecule has 0 saturated heterocycles. The second-order valence-electron chi connectivity index (χ2n) is 16.0. The lowest BCUT2D eigenvalue weighted by Gasteiger charge is -2.38. The number of aromatic nitrogens is 4. The van der Waals surface area contributed by atoms with Crippen LogP contribution < -0.4 is 0 Å². The summed E-state index contributed by atoms with van der Waals surface area (Å²) in [6, 6.07) is 7.61. The highest BCUT2D eigenvalue weighted by molar-refractivity contribution is 6.91. The maximum absolute atomic E-state index is 4.35. The van der Waals surface area contributed by atoms with E-state index in [-0.39, 0.29) is 0 Å². The van der Waals surface area contributed by atoms with Gasteiger partial charge < -0.3 is 0 Å². The van der Waals surface area contributed by atoms with Gasteiger partial charge in [-0.1, -0.05) is 130 Å². The van der Waals surface area contributed by atoms with Crippen LogP contribution in [0.5, 0.6) is 0 Å². The van der Waals surface area contributed by atoms with Crippen molar-refractivity contribution in [2.75, 3.05) is 0 Å². The highest BCUT2D eigenvalue weighted by Gasteiger charge is 2.42. The molecule has 56 heavy (non-hydrogen) atoms. The lowest BCUT2D eigenvalue weighted by molar-refractivity contribution is 0.838. The number of rotatable bonds is 6. The molecule has 0 saturated carbocycles. The first-order chi connectivity index (χ1) is 26.7. The molecule has 0 aliphatic heterocycles. The summed E-state index contributed by atoms with van der Waals surface area (Å²) in [7, 11) is -3.81. The van der Waals surface area contributed by atoms with Crippen LogP contribution in [-0.4, -0.2) is 36.1 Å². The molecule has 0 fully saturated rings. The molecule has 0 unspecified atom stereocenters. The summed E-state index contributed by atoms with van der Waals surface area (Å²) >= 11 is 0. The molecular weight excluding hydrogens is 713 g/mol. The van der Waals surface area contributed by atoms with Gasteiger partial charge in [-0.25, -0.2) is 0 Å². The molecule has 0 aliphatic carbocycles. The van der Waals surface area contributed by atoms with E-state index < -0.39 is 16.1 Å². The van der Waals surface area contributed by atoms with Crippen molar-refractivity contribution >= 4 is 16.1 Å². The fourth-order valence-corrected chi connectivity index (χ4v) is 18.5. The Balaban J connectivity index is 1.63. The van der Waals surface area contributed by atoms with Gasteiger partial charge in [0.25, 0.3) is 0 Å². The Hall–Kier alpha value is -5.61. The molecule has 0 amide bonds. The van der Waals surface area contributed by atoms with Crippen molar-refractivity contribution in [1.29, 1.82) is 0 Å². The second-order valence-corrected chi connectivity index (χ2v) is 27.1. The van der Waals surface area contributed by atoms with Crippen molar-refractivity contribution in [1.82, 2.24) is 19.9 Å². The van der Waals surface area contributed by atoms with Gasteiger partial charge in [-0.3, -0.25) is 19.9 Å². The van der Waals surface area contributed by atoms with E-state index in [0.29, 0.717) is 44.4 Å². The van der Waals surface area contributed by atoms with Crippen molar-refractivity contribution in [2.24, 2.45) is 0 Å². The Morgan fingerprint density at radius 1 is 0.321 bits per heavy atom. The Morgan fingerprint density at radius 2 is 0.554 bits per heavy atom. The summed E-state index contributed by atoms with van der Waals surface area (Å²) in [4.78, 5) is 17.3. The molecule has 0 bridgehead atoms. The topological polar surface area (TPSA) is 51.6 Å². The predicted octanol–water partition coefficient (Wildman–Crippen LogP) is 10.6. The molecular formula is C50H54N4Si2. The van der Waals surface area contributed by atoms with Crippen molar-refractivity contribution in [3.8, 4) is 70.3 Å². The first-order valence-corrected chi connectivity index (χ1v) is 24.1. The molecule has 4 rings (SSSR count). The maximum atomic E-state index is 4.35. The van der Waals surface area contributed by atoms with Crippen molar-refractivity contribution < 1.29 is 0 Å². The van der Waals surface area contributed by atoms with Gasteiger partial charge in [0.15, 0.2) is 0 Å². The zero-order valence-electron chi connectivity index (χ0n) is 35.2. The summed E-state index contributed by atoms with van der Waals surface area (Å²) < 4.78 is 0. The van der Waals surface area contributed by atoms with Crippen LogP contribution in [0.25, 0.3) is 0 Å². The predicted molar refractivity (Wildman–Crippen MR) is 239 cm³/mol. The average molecular weight is 767 g/mol. The van der Waals surface area contributed by atoms with Gasteiger partial charge in [0, 0.05) is 71.8 Å². The molecule has 0 N–H and O–H groups in total. The molecule has 0 aliphatic rings. The summed E-state index contributed by atoms with van der Waals surface area (Å²) in [6.07, 6.45) is 14.0. The minimum atomic E-state index is -1.91. The minimum Gasteiger partial charge on any atom is -0.263 e. The molecule has 4 heterocycles. The van der Waals surface area contributed by atoms with E-state index in [1.165, 1.54) is 0 Å². The van der Waals surface area contributed by atoms with E-state index >= 15 is 0 Å². The first kappa shape index (κ1) is 43.1. The van der Waals surface area contributed by atoms with Gasteiger partial charge in [0.2, 0.25) is 0 Å². The maximum Gasteiger partial charge on any atom is 0.146 e. The monoisotopic (exact) mass is 766 g/mol. The number of hydrogen-bond acceptors (Lipinski definition) is 4. The van der Waals surface area contributed by atoms with Gasteiger partial charge in [-0.05, 0) is 69.4 Å². The Morgan fingerprint density at radius 3 is 0.786 bits per heavy atom. The van der Waals surface area contributed by atoms with E-state index in [9.17, 15) is 0 Å². The average Bonchev–Trinajstić information content (AvgIpc) is 3.16. The summed E-state index contributed by atoms with van der Waals surface area (Å²) in [5.41, 5.74) is 17.1. The molecule has 0 radical (unpaired) electrons. The van der Waals surface area contributed by atoms with E-state index in [0.717, 1.165) is 33.4 Å². The van der Waals surface area contributed by atoms with Gasteiger partial charge in [0.1, 0.15) is 16.1 Å². The minimum absolute atomic E-state index is 0.542. The van der Waals surface area contributed by atoms with Crippen LogP contribution in [0.4, 0.5) is 0 Å². The third-order valence-corrected chi connectivity index (χ3v) is 23.5. The van der Waals surface area contributed by atoms with Crippen LogP contribution in [0, 0.1) is 70.3 Å². The Labute approximate surface area is 339 Å². The summed E-state index contributed by atoms with van der Waals surface area (Å²) in [5, 5.41) is 0. The lowest BCUT2D eigenvalue weighted by Crippen LogP contribution is -2.43. The summed E-state index contributed by atoms with van der Waals surface area (Å²) in [6.45, 7) is 27.9. The van der Waals surface area contributed by atoms with Crippen LogP contribution >= 0.6 is 0 Å². The fraction of sp³-hybridized carbons (Fsp3) is 0.360. The van der Waals surface area contributed by atoms with E-state index in [1.807, 2.05) is 24.3 Å². The normalized spacial score (nSPS) is 11.0. The number of pyridine rings is 4. The smallest absolute Gasteiger partial charge is 0.146 e. The molecule has 6 heteroatoms. The molecule has 0 spiro atoms. The van der Waals surface area contributed by atoms with E-state index in [1.54, 1.807) is 49.6 Å². The standard InChI is InChI=1S/C50H54N4Si2/c1-37(2)55(38(3)4,39(5)6)31-25-45-23-29-53-35-49(45)19-17-47-33-51-27-21-43(47)15-13-14-16-44-22-28-52-34-48(44)18-20-50-36-54-30-24-46(50)26-32-56(40(7)8,41(9)10)42(11)12/h21-24,27-30,33-42H,1-12H3. The van der Waals surface area contributed by atoms with Gasteiger partial charge in [-0.15, -0.1) is 11.1 Å². The number of nitrogens with zero attached hydrogens (tertiary/aromatic N) is 4. The zero-order chi connectivity index (χ0) is 40.9. The summed E-state index contributed by atoms with van der Waals surface area (Å²) in [5.74, 6) is 32.6. The highest BCUT2D eigenvalue weighted by atomic mass is 28.3. The molecule has 282 valence electrons. The van der Waals surface area contributed by atoms with E-state index in [2.05, 4.69) is 173 Å². The largest absolute Gasteiger partial charge is 0.263 e.